The molecule has 0 saturated carbocycles. The molecule has 4 aromatic rings. The minimum Gasteiger partial charge on any atom is -0.355 e. The SMILES string of the molecule is CC(C)c1cnc(-c2ncccc2F)cc1Nc1ccnc2[nH]ccc12. The van der Waals surface area contributed by atoms with Crippen LogP contribution in [0.15, 0.2) is 55.1 Å². The molecule has 0 aromatic carbocycles. The minimum atomic E-state index is -0.389. The highest BCUT2D eigenvalue weighted by molar-refractivity contribution is 5.91. The van der Waals surface area contributed by atoms with Gasteiger partial charge in [0.05, 0.1) is 11.4 Å². The summed E-state index contributed by atoms with van der Waals surface area (Å²) in [5.74, 6) is -0.128. The molecular formula is C20H18FN5. The van der Waals surface area contributed by atoms with E-state index in [0.717, 1.165) is 28.0 Å². The third-order valence-electron chi connectivity index (χ3n) is 4.29. The first-order valence-corrected chi connectivity index (χ1v) is 8.43. The third kappa shape index (κ3) is 2.90. The largest absolute Gasteiger partial charge is 0.355 e. The second-order valence-corrected chi connectivity index (χ2v) is 6.37. The predicted octanol–water partition coefficient (Wildman–Crippen LogP) is 5.03. The summed E-state index contributed by atoms with van der Waals surface area (Å²) < 4.78 is 14.1. The van der Waals surface area contributed by atoms with Gasteiger partial charge in [0.1, 0.15) is 11.3 Å². The molecule has 0 aliphatic heterocycles. The van der Waals surface area contributed by atoms with E-state index in [9.17, 15) is 4.39 Å². The van der Waals surface area contributed by atoms with E-state index in [2.05, 4.69) is 39.1 Å². The molecule has 2 N–H and O–H groups in total. The standard InChI is InChI=1S/C20H18FN5/c1-12(2)14-11-25-18(19-15(21)4-3-7-22-19)10-17(14)26-16-6-9-24-20-13(16)5-8-23-20/h3-12H,1-2H3,(H2,23,24,25,26). The van der Waals surface area contributed by atoms with Gasteiger partial charge in [-0.3, -0.25) is 9.97 Å². The van der Waals surface area contributed by atoms with Gasteiger partial charge >= 0.3 is 0 Å². The second-order valence-electron chi connectivity index (χ2n) is 6.37. The Hall–Kier alpha value is -3.28. The van der Waals surface area contributed by atoms with Gasteiger partial charge in [0.2, 0.25) is 0 Å². The lowest BCUT2D eigenvalue weighted by Crippen LogP contribution is -2.02. The van der Waals surface area contributed by atoms with E-state index in [1.165, 1.54) is 6.07 Å². The first kappa shape index (κ1) is 16.2. The Labute approximate surface area is 150 Å². The van der Waals surface area contributed by atoms with Crippen molar-refractivity contribution in [3.05, 3.63) is 66.5 Å². The monoisotopic (exact) mass is 347 g/mol. The van der Waals surface area contributed by atoms with Crippen LogP contribution in [0.3, 0.4) is 0 Å². The van der Waals surface area contributed by atoms with Crippen LogP contribution in [0.4, 0.5) is 15.8 Å². The average molecular weight is 347 g/mol. The highest BCUT2D eigenvalue weighted by Crippen LogP contribution is 2.32. The second kappa shape index (κ2) is 6.55. The molecule has 0 aliphatic rings. The molecule has 0 atom stereocenters. The van der Waals surface area contributed by atoms with Crippen LogP contribution in [0, 0.1) is 5.82 Å². The van der Waals surface area contributed by atoms with Crippen molar-refractivity contribution in [1.82, 2.24) is 19.9 Å². The Morgan fingerprint density at radius 1 is 1.04 bits per heavy atom. The zero-order chi connectivity index (χ0) is 18.1. The number of aromatic nitrogens is 4. The van der Waals surface area contributed by atoms with E-state index in [1.807, 2.05) is 24.4 Å². The Morgan fingerprint density at radius 3 is 2.73 bits per heavy atom. The number of nitrogens with zero attached hydrogens (tertiary/aromatic N) is 3. The van der Waals surface area contributed by atoms with Crippen LogP contribution >= 0.6 is 0 Å². The molecule has 4 heterocycles. The summed E-state index contributed by atoms with van der Waals surface area (Å²) in [6, 6.07) is 8.70. The van der Waals surface area contributed by atoms with Crippen LogP contribution in [0.1, 0.15) is 25.3 Å². The van der Waals surface area contributed by atoms with E-state index in [4.69, 9.17) is 0 Å². The molecular weight excluding hydrogens is 329 g/mol. The van der Waals surface area contributed by atoms with Gasteiger partial charge < -0.3 is 10.3 Å². The van der Waals surface area contributed by atoms with Crippen molar-refractivity contribution in [3.8, 4) is 11.4 Å². The van der Waals surface area contributed by atoms with E-state index >= 15 is 0 Å². The van der Waals surface area contributed by atoms with Crippen LogP contribution in [0.25, 0.3) is 22.4 Å². The molecule has 0 fully saturated rings. The number of hydrogen-bond donors (Lipinski definition) is 2. The van der Waals surface area contributed by atoms with Crippen LogP contribution in [-0.2, 0) is 0 Å². The number of H-pyrrole nitrogens is 1. The van der Waals surface area contributed by atoms with Gasteiger partial charge in [0, 0.05) is 35.9 Å². The molecule has 0 saturated heterocycles. The average Bonchev–Trinajstić information content (AvgIpc) is 3.12. The normalized spacial score (nSPS) is 11.2. The van der Waals surface area contributed by atoms with Gasteiger partial charge in [-0.05, 0) is 41.8 Å². The van der Waals surface area contributed by atoms with Crippen molar-refractivity contribution < 1.29 is 4.39 Å². The summed E-state index contributed by atoms with van der Waals surface area (Å²) in [5.41, 5.74) is 4.40. The molecule has 0 unspecified atom stereocenters. The summed E-state index contributed by atoms with van der Waals surface area (Å²) >= 11 is 0. The molecule has 130 valence electrons. The molecule has 26 heavy (non-hydrogen) atoms. The fourth-order valence-electron chi connectivity index (χ4n) is 2.95. The summed E-state index contributed by atoms with van der Waals surface area (Å²) in [5, 5.41) is 4.45. The molecule has 0 aliphatic carbocycles. The van der Waals surface area contributed by atoms with Crippen LogP contribution in [-0.4, -0.2) is 19.9 Å². The smallest absolute Gasteiger partial charge is 0.151 e. The number of anilines is 2. The topological polar surface area (TPSA) is 66.5 Å². The molecule has 0 radical (unpaired) electrons. The van der Waals surface area contributed by atoms with Gasteiger partial charge in [-0.25, -0.2) is 9.37 Å². The molecule has 0 spiro atoms. The van der Waals surface area contributed by atoms with Crippen molar-refractivity contribution >= 4 is 22.4 Å². The zero-order valence-corrected chi connectivity index (χ0v) is 14.5. The zero-order valence-electron chi connectivity index (χ0n) is 14.5. The quantitative estimate of drug-likeness (QED) is 0.543. The Bertz CT molecular complexity index is 1070. The van der Waals surface area contributed by atoms with Crippen molar-refractivity contribution in [2.75, 3.05) is 5.32 Å². The number of aromatic amines is 1. The Kier molecular flexibility index (Phi) is 4.08. The first-order chi connectivity index (χ1) is 12.6. The predicted molar refractivity (Wildman–Crippen MR) is 101 cm³/mol. The molecule has 4 aromatic heterocycles. The lowest BCUT2D eigenvalue weighted by molar-refractivity contribution is 0.625. The van der Waals surface area contributed by atoms with Crippen molar-refractivity contribution in [2.24, 2.45) is 0 Å². The van der Waals surface area contributed by atoms with Crippen LogP contribution < -0.4 is 5.32 Å². The molecule has 6 heteroatoms. The van der Waals surface area contributed by atoms with Crippen molar-refractivity contribution in [1.29, 1.82) is 0 Å². The lowest BCUT2D eigenvalue weighted by atomic mass is 10.0. The number of halogens is 1. The summed E-state index contributed by atoms with van der Waals surface area (Å²) in [7, 11) is 0. The van der Waals surface area contributed by atoms with E-state index in [1.54, 1.807) is 24.7 Å². The number of pyridine rings is 3. The van der Waals surface area contributed by atoms with Gasteiger partial charge in [-0.15, -0.1) is 0 Å². The maximum absolute atomic E-state index is 14.1. The van der Waals surface area contributed by atoms with E-state index in [-0.39, 0.29) is 17.4 Å². The third-order valence-corrected chi connectivity index (χ3v) is 4.29. The maximum Gasteiger partial charge on any atom is 0.151 e. The van der Waals surface area contributed by atoms with Gasteiger partial charge in [0.15, 0.2) is 5.82 Å². The highest BCUT2D eigenvalue weighted by atomic mass is 19.1. The lowest BCUT2D eigenvalue weighted by Gasteiger charge is -2.16. The number of fused-ring (bicyclic) bond motifs is 1. The molecule has 0 bridgehead atoms. The maximum atomic E-state index is 14.1. The Balaban J connectivity index is 1.82. The van der Waals surface area contributed by atoms with Crippen molar-refractivity contribution in [3.63, 3.8) is 0 Å². The van der Waals surface area contributed by atoms with E-state index < -0.39 is 0 Å². The van der Waals surface area contributed by atoms with Gasteiger partial charge in [0.25, 0.3) is 0 Å². The van der Waals surface area contributed by atoms with Gasteiger partial charge in [-0.1, -0.05) is 13.8 Å². The first-order valence-electron chi connectivity index (χ1n) is 8.43. The van der Waals surface area contributed by atoms with Gasteiger partial charge in [-0.2, -0.15) is 0 Å². The van der Waals surface area contributed by atoms with Crippen LogP contribution in [0.2, 0.25) is 0 Å². The molecule has 0 amide bonds. The Morgan fingerprint density at radius 2 is 1.92 bits per heavy atom. The fraction of sp³-hybridized carbons (Fsp3) is 0.150. The number of hydrogen-bond acceptors (Lipinski definition) is 4. The number of nitrogens with one attached hydrogen (secondary N) is 2. The highest BCUT2D eigenvalue weighted by Gasteiger charge is 2.14. The molecule has 5 nitrogen and oxygen atoms in total. The van der Waals surface area contributed by atoms with Crippen molar-refractivity contribution in [2.45, 2.75) is 19.8 Å². The van der Waals surface area contributed by atoms with E-state index in [0.29, 0.717) is 5.69 Å². The van der Waals surface area contributed by atoms with Crippen LogP contribution in [0.5, 0.6) is 0 Å². The summed E-state index contributed by atoms with van der Waals surface area (Å²) in [4.78, 5) is 16.0. The summed E-state index contributed by atoms with van der Waals surface area (Å²) in [6.45, 7) is 4.20. The number of rotatable bonds is 4. The summed E-state index contributed by atoms with van der Waals surface area (Å²) in [6.07, 6.45) is 6.95. The molecule has 4 rings (SSSR count). The minimum absolute atomic E-state index is 0.243. The fourth-order valence-corrected chi connectivity index (χ4v) is 2.95.